The molecule has 4 aliphatic rings. The minimum atomic E-state index is -0.954. The van der Waals surface area contributed by atoms with E-state index >= 15 is 0 Å². The first-order valence-electron chi connectivity index (χ1n) is 27.0. The normalized spacial score (nSPS) is 23.2. The minimum absolute atomic E-state index is 0.00634. The van der Waals surface area contributed by atoms with Gasteiger partial charge in [-0.05, 0) is 103 Å². The van der Waals surface area contributed by atoms with Crippen LogP contribution in [0.4, 0.5) is 0 Å². The first-order valence-corrected chi connectivity index (χ1v) is 27.0. The number of carbonyl (C=O) groups is 4. The second-order valence-electron chi connectivity index (χ2n) is 23.7. The van der Waals surface area contributed by atoms with Crippen molar-refractivity contribution in [3.8, 4) is 0 Å². The van der Waals surface area contributed by atoms with Crippen molar-refractivity contribution >= 4 is 23.7 Å². The second kappa shape index (κ2) is 25.2. The molecule has 4 atom stereocenters. The first-order chi connectivity index (χ1) is 34.6. The van der Waals surface area contributed by atoms with E-state index in [0.717, 1.165) is 69.3 Å². The number of likely N-dealkylation sites (tertiary alicyclic amines) is 3. The van der Waals surface area contributed by atoms with E-state index in [1.165, 1.54) is 11.1 Å². The van der Waals surface area contributed by atoms with Gasteiger partial charge in [-0.1, -0.05) is 163 Å². The number of hydrogen-bond donors (Lipinski definition) is 4. The molecule has 396 valence electrons. The summed E-state index contributed by atoms with van der Waals surface area (Å²) in [7, 11) is 0. The average Bonchev–Trinajstić information content (AvgIpc) is 3.35. The number of rotatable bonds is 10. The molecule has 73 heavy (non-hydrogen) atoms. The number of benzene rings is 4. The van der Waals surface area contributed by atoms with Crippen molar-refractivity contribution < 1.29 is 34.5 Å². The maximum atomic E-state index is 13.6. The standard InChI is InChI=1S/C31H42N2O3.C22H29NO.C9H15NO3/c1-23(34)32-18-15-24(16-19-32)21-28(35)33-20-17-31(36,22-27(33)30(2,3)4)29(25-11-7-5-8-12-25)26-13-9-6-10-14-26;1-21(2,3)19-16-22(24,14-15-23-19)20(17-10-6-4-7-11-17)18-12-8-5-9-13-18;1-7(11)10-4-2-8(3-5-10)6-9(12)13/h5-14,24,27,29,36H,15-22H2,1-4H3;4-13,19-20,23-24H,14-16H2,1-3H3;8H,2-6H2,1H3,(H,12,13). The number of hydrogen-bond acceptors (Lipinski definition) is 7. The Hall–Kier alpha value is -5.36. The van der Waals surface area contributed by atoms with E-state index in [0.29, 0.717) is 50.9 Å². The van der Waals surface area contributed by atoms with Gasteiger partial charge in [-0.25, -0.2) is 0 Å². The highest BCUT2D eigenvalue weighted by Gasteiger charge is 2.50. The number of piperidine rings is 4. The summed E-state index contributed by atoms with van der Waals surface area (Å²) in [5.74, 6) is 0.0901. The monoisotopic (exact) mass is 999 g/mol. The fourth-order valence-corrected chi connectivity index (χ4v) is 11.9. The average molecular weight is 999 g/mol. The lowest BCUT2D eigenvalue weighted by Crippen LogP contribution is -2.59. The van der Waals surface area contributed by atoms with Crippen LogP contribution in [0, 0.1) is 22.7 Å². The Balaban J connectivity index is 0.000000201. The van der Waals surface area contributed by atoms with Crippen LogP contribution in [-0.4, -0.2) is 116 Å². The summed E-state index contributed by atoms with van der Waals surface area (Å²) in [6, 6.07) is 41.7. The van der Waals surface area contributed by atoms with E-state index in [4.69, 9.17) is 5.11 Å². The van der Waals surface area contributed by atoms with Gasteiger partial charge < -0.3 is 35.3 Å². The summed E-state index contributed by atoms with van der Waals surface area (Å²) < 4.78 is 0. The minimum Gasteiger partial charge on any atom is -0.481 e. The molecule has 4 unspecified atom stereocenters. The molecule has 0 aromatic heterocycles. The van der Waals surface area contributed by atoms with Crippen LogP contribution in [0.1, 0.15) is 154 Å². The van der Waals surface area contributed by atoms with Crippen molar-refractivity contribution in [2.45, 2.75) is 155 Å². The number of nitrogens with zero attached hydrogens (tertiary/aromatic N) is 3. The van der Waals surface area contributed by atoms with Crippen molar-refractivity contribution in [2.75, 3.05) is 39.3 Å². The van der Waals surface area contributed by atoms with Crippen molar-refractivity contribution in [2.24, 2.45) is 22.7 Å². The third-order valence-electron chi connectivity index (χ3n) is 16.2. The highest BCUT2D eigenvalue weighted by atomic mass is 16.4. The van der Waals surface area contributed by atoms with Gasteiger partial charge in [0.25, 0.3) is 0 Å². The van der Waals surface area contributed by atoms with Crippen molar-refractivity contribution in [1.29, 1.82) is 0 Å². The highest BCUT2D eigenvalue weighted by molar-refractivity contribution is 5.77. The van der Waals surface area contributed by atoms with E-state index in [1.54, 1.807) is 18.7 Å². The Morgan fingerprint density at radius 1 is 0.548 bits per heavy atom. The molecule has 0 saturated carbocycles. The van der Waals surface area contributed by atoms with Crippen molar-refractivity contribution in [1.82, 2.24) is 20.0 Å². The zero-order valence-corrected chi connectivity index (χ0v) is 45.1. The molecule has 4 heterocycles. The molecule has 0 bridgehead atoms. The highest BCUT2D eigenvalue weighted by Crippen LogP contribution is 2.47. The fourth-order valence-electron chi connectivity index (χ4n) is 11.9. The smallest absolute Gasteiger partial charge is 0.303 e. The molecular weight excluding hydrogens is 913 g/mol. The van der Waals surface area contributed by atoms with Crippen LogP contribution < -0.4 is 5.32 Å². The molecule has 4 aromatic rings. The summed E-state index contributed by atoms with van der Waals surface area (Å²) in [4.78, 5) is 52.4. The number of aliphatic carboxylic acids is 1. The molecule has 0 aliphatic carbocycles. The first kappa shape index (κ1) is 56.9. The van der Waals surface area contributed by atoms with E-state index in [1.807, 2.05) is 53.4 Å². The fraction of sp³-hybridized carbons (Fsp3) is 0.548. The zero-order chi connectivity index (χ0) is 53.0. The van der Waals surface area contributed by atoms with Crippen LogP contribution in [0.5, 0.6) is 0 Å². The lowest BCUT2D eigenvalue weighted by atomic mass is 9.66. The largest absolute Gasteiger partial charge is 0.481 e. The van der Waals surface area contributed by atoms with E-state index < -0.39 is 17.2 Å². The number of amides is 3. The molecule has 8 rings (SSSR count). The topological polar surface area (TPSA) is 151 Å². The van der Waals surface area contributed by atoms with E-state index in [2.05, 4.69) is 125 Å². The Morgan fingerprint density at radius 2 is 0.918 bits per heavy atom. The SMILES string of the molecule is CC(=O)N1CCC(CC(=O)N2CCC(O)(C(c3ccccc3)c3ccccc3)CC2C(C)(C)C)CC1.CC(=O)N1CCC(CC(=O)O)CC1.CC(C)(C)C1CC(O)(C(c2ccccc2)c2ccccc2)CCN1. The number of aliphatic hydroxyl groups is 2. The van der Waals surface area contributed by atoms with Gasteiger partial charge in [0.2, 0.25) is 17.7 Å². The maximum absolute atomic E-state index is 13.6. The molecular formula is C62H86N4O7. The summed E-state index contributed by atoms with van der Waals surface area (Å²) in [5, 5.41) is 36.2. The molecule has 4 saturated heterocycles. The van der Waals surface area contributed by atoms with Crippen LogP contribution >= 0.6 is 0 Å². The third-order valence-corrected chi connectivity index (χ3v) is 16.2. The lowest BCUT2D eigenvalue weighted by Gasteiger charge is -2.52. The van der Waals surface area contributed by atoms with Crippen molar-refractivity contribution in [3.63, 3.8) is 0 Å². The van der Waals surface area contributed by atoms with Gasteiger partial charge in [-0.3, -0.25) is 19.2 Å². The van der Waals surface area contributed by atoms with Crippen LogP contribution in [0.15, 0.2) is 121 Å². The molecule has 4 aliphatic heterocycles. The number of nitrogens with one attached hydrogen (secondary N) is 1. The Bertz CT molecular complexity index is 2280. The number of carboxylic acids is 1. The Kier molecular flexibility index (Phi) is 19.7. The molecule has 11 heteroatoms. The van der Waals surface area contributed by atoms with Gasteiger partial charge in [0.15, 0.2) is 0 Å². The summed E-state index contributed by atoms with van der Waals surface area (Å²) in [5.41, 5.74) is 2.89. The van der Waals surface area contributed by atoms with Gasteiger partial charge in [-0.15, -0.1) is 0 Å². The molecule has 4 N–H and O–H groups in total. The van der Waals surface area contributed by atoms with Crippen LogP contribution in [0.2, 0.25) is 0 Å². The molecule has 4 fully saturated rings. The van der Waals surface area contributed by atoms with Gasteiger partial charge in [-0.2, -0.15) is 0 Å². The van der Waals surface area contributed by atoms with E-state index in [-0.39, 0.29) is 58.8 Å². The quantitative estimate of drug-likeness (QED) is 0.123. The Morgan fingerprint density at radius 3 is 1.26 bits per heavy atom. The van der Waals surface area contributed by atoms with Crippen LogP contribution in [0.3, 0.4) is 0 Å². The molecule has 0 spiro atoms. The van der Waals surface area contributed by atoms with Crippen molar-refractivity contribution in [3.05, 3.63) is 144 Å². The lowest BCUT2D eigenvalue weighted by molar-refractivity contribution is -0.148. The predicted molar refractivity (Wildman–Crippen MR) is 291 cm³/mol. The molecule has 3 amide bonds. The van der Waals surface area contributed by atoms with Gasteiger partial charge in [0, 0.05) is 83.3 Å². The summed E-state index contributed by atoms with van der Waals surface area (Å²) in [6.07, 6.45) is 6.81. The molecule has 4 aromatic carbocycles. The summed E-state index contributed by atoms with van der Waals surface area (Å²) >= 11 is 0. The number of carbonyl (C=O) groups excluding carboxylic acids is 3. The van der Waals surface area contributed by atoms with Crippen LogP contribution in [-0.2, 0) is 19.2 Å². The zero-order valence-electron chi connectivity index (χ0n) is 45.1. The maximum Gasteiger partial charge on any atom is 0.303 e. The molecule has 11 nitrogen and oxygen atoms in total. The third kappa shape index (κ3) is 15.6. The Labute approximate surface area is 436 Å². The second-order valence-corrected chi connectivity index (χ2v) is 23.7. The van der Waals surface area contributed by atoms with E-state index in [9.17, 15) is 29.4 Å². The van der Waals surface area contributed by atoms with Crippen LogP contribution in [0.25, 0.3) is 0 Å². The number of carboxylic acid groups (broad SMARTS) is 1. The van der Waals surface area contributed by atoms with Gasteiger partial charge in [0.1, 0.15) is 0 Å². The van der Waals surface area contributed by atoms with Gasteiger partial charge in [0.05, 0.1) is 11.2 Å². The predicted octanol–water partition coefficient (Wildman–Crippen LogP) is 10.3. The van der Waals surface area contributed by atoms with Gasteiger partial charge >= 0.3 is 5.97 Å². The summed E-state index contributed by atoms with van der Waals surface area (Å²) in [6.45, 7) is 20.8. The molecule has 0 radical (unpaired) electrons.